The number of nitrogens with one attached hydrogen (secondary N) is 1. The SMILES string of the molecule is CCOc1ccc(C(=O)CC/C=C/C(=C\C(=N)c2ccccc2)c2ccc(C(N)=O)cc2)cc1OCC. The van der Waals surface area contributed by atoms with Gasteiger partial charge in [0, 0.05) is 17.5 Å². The van der Waals surface area contributed by atoms with E-state index in [1.807, 2.05) is 56.3 Å². The highest BCUT2D eigenvalue weighted by Gasteiger charge is 2.11. The Bertz CT molecular complexity index is 1290. The third kappa shape index (κ3) is 7.77. The van der Waals surface area contributed by atoms with Gasteiger partial charge in [-0.3, -0.25) is 9.59 Å². The van der Waals surface area contributed by atoms with Gasteiger partial charge >= 0.3 is 0 Å². The highest BCUT2D eigenvalue weighted by molar-refractivity contribution is 6.11. The molecule has 0 aliphatic rings. The number of allylic oxidation sites excluding steroid dienone is 4. The van der Waals surface area contributed by atoms with Crippen molar-refractivity contribution in [2.45, 2.75) is 26.7 Å². The molecule has 6 nitrogen and oxygen atoms in total. The Morgan fingerprint density at radius 1 is 0.811 bits per heavy atom. The standard InChI is InChI=1S/C31H32N2O4/c1-3-36-29-19-18-26(21-30(29)37-4-2)28(34)13-9-8-12-25(20-27(32)23-10-6-5-7-11-23)22-14-16-24(17-15-22)31(33)35/h5-8,10-12,14-21,32H,3-4,9,13H2,1-2H3,(H2,33,35)/b12-8+,25-20+,32-27?. The van der Waals surface area contributed by atoms with Gasteiger partial charge in [0.1, 0.15) is 0 Å². The van der Waals surface area contributed by atoms with Gasteiger partial charge in [-0.1, -0.05) is 54.6 Å². The third-order valence-corrected chi connectivity index (χ3v) is 5.59. The Morgan fingerprint density at radius 2 is 1.43 bits per heavy atom. The highest BCUT2D eigenvalue weighted by atomic mass is 16.5. The predicted octanol–water partition coefficient (Wildman–Crippen LogP) is 6.25. The molecule has 0 unspecified atom stereocenters. The molecule has 3 rings (SSSR count). The summed E-state index contributed by atoms with van der Waals surface area (Å²) in [6.45, 7) is 4.78. The fourth-order valence-corrected chi connectivity index (χ4v) is 3.70. The molecule has 0 heterocycles. The van der Waals surface area contributed by atoms with Crippen molar-refractivity contribution in [1.82, 2.24) is 0 Å². The fourth-order valence-electron chi connectivity index (χ4n) is 3.70. The number of carbonyl (C=O) groups excluding carboxylic acids is 2. The predicted molar refractivity (Wildman–Crippen MR) is 148 cm³/mol. The maximum absolute atomic E-state index is 12.8. The van der Waals surface area contributed by atoms with Crippen molar-refractivity contribution >= 4 is 23.0 Å². The summed E-state index contributed by atoms with van der Waals surface area (Å²) in [5, 5.41) is 8.52. The summed E-state index contributed by atoms with van der Waals surface area (Å²) in [5.41, 5.74) is 9.13. The Morgan fingerprint density at radius 3 is 2.08 bits per heavy atom. The van der Waals surface area contributed by atoms with Crippen molar-refractivity contribution in [1.29, 1.82) is 5.41 Å². The van der Waals surface area contributed by atoms with Crippen molar-refractivity contribution in [3.05, 3.63) is 113 Å². The van der Waals surface area contributed by atoms with E-state index in [4.69, 9.17) is 20.6 Å². The molecule has 6 heteroatoms. The largest absolute Gasteiger partial charge is 0.490 e. The summed E-state index contributed by atoms with van der Waals surface area (Å²) in [7, 11) is 0. The fraction of sp³-hybridized carbons (Fsp3) is 0.194. The lowest BCUT2D eigenvalue weighted by Gasteiger charge is -2.12. The molecule has 0 fully saturated rings. The summed E-state index contributed by atoms with van der Waals surface area (Å²) in [6.07, 6.45) is 6.43. The first-order valence-corrected chi connectivity index (χ1v) is 12.3. The van der Waals surface area contributed by atoms with Crippen LogP contribution in [0.5, 0.6) is 11.5 Å². The van der Waals surface area contributed by atoms with Gasteiger partial charge in [-0.15, -0.1) is 0 Å². The van der Waals surface area contributed by atoms with E-state index in [2.05, 4.69) is 0 Å². The molecule has 3 N–H and O–H groups in total. The second kappa shape index (κ2) is 13.6. The molecule has 0 aliphatic carbocycles. The number of carbonyl (C=O) groups is 2. The number of rotatable bonds is 13. The van der Waals surface area contributed by atoms with Crippen molar-refractivity contribution in [2.24, 2.45) is 5.73 Å². The van der Waals surface area contributed by atoms with Crippen LogP contribution in [0.15, 0.2) is 91.0 Å². The molecule has 0 atom stereocenters. The molecule has 1 amide bonds. The van der Waals surface area contributed by atoms with Crippen LogP contribution in [0.2, 0.25) is 0 Å². The van der Waals surface area contributed by atoms with E-state index >= 15 is 0 Å². The van der Waals surface area contributed by atoms with Crippen LogP contribution in [0.4, 0.5) is 0 Å². The maximum Gasteiger partial charge on any atom is 0.248 e. The summed E-state index contributed by atoms with van der Waals surface area (Å²) in [6, 6.07) is 21.6. The van der Waals surface area contributed by atoms with Crippen molar-refractivity contribution in [3.8, 4) is 11.5 Å². The summed E-state index contributed by atoms with van der Waals surface area (Å²) in [5.74, 6) is 0.695. The molecule has 0 saturated carbocycles. The van der Waals surface area contributed by atoms with Gasteiger partial charge in [-0.25, -0.2) is 0 Å². The molecule has 0 radical (unpaired) electrons. The topological polar surface area (TPSA) is 102 Å². The Labute approximate surface area is 217 Å². The van der Waals surface area contributed by atoms with Crippen LogP contribution < -0.4 is 15.2 Å². The Hall–Kier alpha value is -4.45. The monoisotopic (exact) mass is 496 g/mol. The zero-order valence-electron chi connectivity index (χ0n) is 21.2. The first kappa shape index (κ1) is 27.1. The van der Waals surface area contributed by atoms with Crippen molar-refractivity contribution < 1.29 is 19.1 Å². The van der Waals surface area contributed by atoms with Gasteiger partial charge in [0.05, 0.1) is 18.9 Å². The average Bonchev–Trinajstić information content (AvgIpc) is 2.92. The minimum atomic E-state index is -0.495. The third-order valence-electron chi connectivity index (χ3n) is 5.59. The maximum atomic E-state index is 12.8. The number of Topliss-reactive ketones (excluding diaryl/α,β-unsaturated/α-hetero) is 1. The number of nitrogens with two attached hydrogens (primary N) is 1. The molecule has 3 aromatic carbocycles. The normalized spacial score (nSPS) is 11.4. The van der Waals surface area contributed by atoms with Gasteiger partial charge in [0.2, 0.25) is 5.91 Å². The molecular weight excluding hydrogens is 464 g/mol. The number of ketones is 1. The van der Waals surface area contributed by atoms with E-state index < -0.39 is 5.91 Å². The summed E-state index contributed by atoms with van der Waals surface area (Å²) >= 11 is 0. The van der Waals surface area contributed by atoms with Crippen LogP contribution in [0, 0.1) is 5.41 Å². The molecule has 190 valence electrons. The minimum absolute atomic E-state index is 0.00187. The van der Waals surface area contributed by atoms with E-state index in [-0.39, 0.29) is 5.78 Å². The molecule has 0 saturated heterocycles. The van der Waals surface area contributed by atoms with Gasteiger partial charge in [0.25, 0.3) is 0 Å². The lowest BCUT2D eigenvalue weighted by Crippen LogP contribution is -2.10. The van der Waals surface area contributed by atoms with E-state index in [0.29, 0.717) is 54.4 Å². The summed E-state index contributed by atoms with van der Waals surface area (Å²) < 4.78 is 11.2. The molecule has 3 aromatic rings. The van der Waals surface area contributed by atoms with E-state index in [1.165, 1.54) is 0 Å². The van der Waals surface area contributed by atoms with Crippen LogP contribution >= 0.6 is 0 Å². The first-order valence-electron chi connectivity index (χ1n) is 12.3. The lowest BCUT2D eigenvalue weighted by atomic mass is 9.99. The molecule has 0 spiro atoms. The molecule has 0 bridgehead atoms. The smallest absolute Gasteiger partial charge is 0.248 e. The van der Waals surface area contributed by atoms with Gasteiger partial charge in [-0.2, -0.15) is 0 Å². The van der Waals surface area contributed by atoms with Crippen molar-refractivity contribution in [2.75, 3.05) is 13.2 Å². The number of primary amides is 1. The number of hydrogen-bond acceptors (Lipinski definition) is 5. The van der Waals surface area contributed by atoms with Crippen LogP contribution in [0.25, 0.3) is 5.57 Å². The number of benzene rings is 3. The Kier molecular flexibility index (Phi) is 9.97. The van der Waals surface area contributed by atoms with E-state index in [9.17, 15) is 9.59 Å². The van der Waals surface area contributed by atoms with Crippen LogP contribution in [0.1, 0.15) is 58.5 Å². The van der Waals surface area contributed by atoms with Crippen molar-refractivity contribution in [3.63, 3.8) is 0 Å². The molecule has 0 aromatic heterocycles. The van der Waals surface area contributed by atoms with Crippen LogP contribution in [-0.2, 0) is 0 Å². The van der Waals surface area contributed by atoms with E-state index in [0.717, 1.165) is 16.7 Å². The average molecular weight is 497 g/mol. The summed E-state index contributed by atoms with van der Waals surface area (Å²) in [4.78, 5) is 24.3. The lowest BCUT2D eigenvalue weighted by molar-refractivity contribution is 0.0980. The van der Waals surface area contributed by atoms with Gasteiger partial charge in [-0.05, 0) is 73.4 Å². The zero-order chi connectivity index (χ0) is 26.6. The Balaban J connectivity index is 1.76. The van der Waals surface area contributed by atoms with Gasteiger partial charge in [0.15, 0.2) is 17.3 Å². The second-order valence-electron chi connectivity index (χ2n) is 8.21. The highest BCUT2D eigenvalue weighted by Crippen LogP contribution is 2.29. The number of hydrogen-bond donors (Lipinski definition) is 2. The van der Waals surface area contributed by atoms with Gasteiger partial charge < -0.3 is 20.6 Å². The number of ether oxygens (including phenoxy) is 2. The molecule has 0 aliphatic heterocycles. The quantitative estimate of drug-likeness (QED) is 0.166. The van der Waals surface area contributed by atoms with E-state index in [1.54, 1.807) is 48.5 Å². The zero-order valence-corrected chi connectivity index (χ0v) is 21.2. The molecular formula is C31H32N2O4. The molecule has 37 heavy (non-hydrogen) atoms. The van der Waals surface area contributed by atoms with Crippen LogP contribution in [-0.4, -0.2) is 30.6 Å². The second-order valence-corrected chi connectivity index (χ2v) is 8.21. The first-order chi connectivity index (χ1) is 17.9. The number of amides is 1. The van der Waals surface area contributed by atoms with Crippen LogP contribution in [0.3, 0.4) is 0 Å². The minimum Gasteiger partial charge on any atom is -0.490 e.